The van der Waals surface area contributed by atoms with E-state index in [1.807, 2.05) is 0 Å². The van der Waals surface area contributed by atoms with Crippen LogP contribution in [0.4, 0.5) is 0 Å². The number of hydrogen-bond donors (Lipinski definition) is 0. The lowest BCUT2D eigenvalue weighted by atomic mass is 9.70. The van der Waals surface area contributed by atoms with Gasteiger partial charge in [-0.15, -0.1) is 0 Å². The van der Waals surface area contributed by atoms with Crippen LogP contribution in [0.25, 0.3) is 99.5 Å². The van der Waals surface area contributed by atoms with Crippen molar-refractivity contribution in [2.24, 2.45) is 0 Å². The maximum atomic E-state index is 2.65. The largest absolute Gasteiger partial charge is 0.309 e. The Kier molecular flexibility index (Phi) is 7.96. The topological polar surface area (TPSA) is 9.86 Å². The Labute approximate surface area is 412 Å². The zero-order chi connectivity index (χ0) is 46.4. The first-order chi connectivity index (χ1) is 35.2. The molecule has 0 N–H and O–H groups in total. The molecular weight excluding hydrogens is 857 g/mol. The van der Waals surface area contributed by atoms with Gasteiger partial charge in [0.25, 0.3) is 0 Å². The van der Waals surface area contributed by atoms with Gasteiger partial charge >= 0.3 is 0 Å². The quantitative estimate of drug-likeness (QED) is 0.163. The molecule has 1 atom stereocenters. The molecule has 71 heavy (non-hydrogen) atoms. The highest BCUT2D eigenvalue weighted by Crippen LogP contribution is 2.64. The number of hydrogen-bond acceptors (Lipinski definition) is 0. The van der Waals surface area contributed by atoms with Crippen molar-refractivity contribution in [2.75, 3.05) is 0 Å². The van der Waals surface area contributed by atoms with E-state index in [0.29, 0.717) is 0 Å². The summed E-state index contributed by atoms with van der Waals surface area (Å²) < 4.78 is 4.83. The molecule has 11 aromatic carbocycles. The van der Waals surface area contributed by atoms with Crippen molar-refractivity contribution in [3.05, 3.63) is 288 Å². The van der Waals surface area contributed by atoms with Crippen molar-refractivity contribution in [3.63, 3.8) is 0 Å². The van der Waals surface area contributed by atoms with Gasteiger partial charge in [0.15, 0.2) is 0 Å². The summed E-state index contributed by atoms with van der Waals surface area (Å²) >= 11 is 0. The summed E-state index contributed by atoms with van der Waals surface area (Å²) in [5.41, 5.74) is 27.0. The zero-order valence-electron chi connectivity index (χ0n) is 38.9. The van der Waals surface area contributed by atoms with Crippen molar-refractivity contribution in [3.8, 4) is 55.9 Å². The normalized spacial score (nSPS) is 14.5. The summed E-state index contributed by atoms with van der Waals surface area (Å²) in [5.74, 6) is 0.151. The molecular formula is C69H44N2. The second kappa shape index (κ2) is 14.5. The van der Waals surface area contributed by atoms with E-state index >= 15 is 0 Å². The Balaban J connectivity index is 0.911. The Morgan fingerprint density at radius 2 is 0.761 bits per heavy atom. The Morgan fingerprint density at radius 3 is 1.38 bits per heavy atom. The first-order valence-corrected chi connectivity index (χ1v) is 25.0. The van der Waals surface area contributed by atoms with Crippen LogP contribution in [-0.2, 0) is 11.8 Å². The van der Waals surface area contributed by atoms with E-state index in [9.17, 15) is 0 Å². The van der Waals surface area contributed by atoms with Crippen LogP contribution in [0.2, 0.25) is 0 Å². The molecule has 0 fully saturated rings. The molecule has 16 rings (SSSR count). The maximum absolute atomic E-state index is 2.65. The fourth-order valence-corrected chi connectivity index (χ4v) is 13.6. The average molecular weight is 901 g/mol. The summed E-state index contributed by atoms with van der Waals surface area (Å²) in [4.78, 5) is 0. The molecule has 2 aromatic heterocycles. The van der Waals surface area contributed by atoms with Gasteiger partial charge in [0.2, 0.25) is 0 Å². The van der Waals surface area contributed by atoms with E-state index in [4.69, 9.17) is 0 Å². The van der Waals surface area contributed by atoms with Crippen LogP contribution >= 0.6 is 0 Å². The molecule has 0 amide bonds. The molecule has 330 valence electrons. The third-order valence-corrected chi connectivity index (χ3v) is 16.5. The van der Waals surface area contributed by atoms with E-state index in [-0.39, 0.29) is 5.92 Å². The van der Waals surface area contributed by atoms with Crippen LogP contribution in [0, 0.1) is 0 Å². The summed E-state index contributed by atoms with van der Waals surface area (Å²) in [5, 5.41) is 5.11. The monoisotopic (exact) mass is 900 g/mol. The van der Waals surface area contributed by atoms with Gasteiger partial charge in [-0.1, -0.05) is 176 Å². The van der Waals surface area contributed by atoms with Crippen molar-refractivity contribution >= 4 is 43.6 Å². The van der Waals surface area contributed by atoms with Gasteiger partial charge in [-0.3, -0.25) is 0 Å². The summed E-state index contributed by atoms with van der Waals surface area (Å²) in [6.45, 7) is 0. The van der Waals surface area contributed by atoms with Crippen molar-refractivity contribution in [1.82, 2.24) is 9.13 Å². The number of benzene rings is 11. The lowest BCUT2D eigenvalue weighted by Gasteiger charge is -2.31. The van der Waals surface area contributed by atoms with Crippen molar-refractivity contribution in [1.29, 1.82) is 0 Å². The predicted molar refractivity (Wildman–Crippen MR) is 294 cm³/mol. The molecule has 1 unspecified atom stereocenters. The van der Waals surface area contributed by atoms with E-state index in [2.05, 4.69) is 258 Å². The van der Waals surface area contributed by atoms with Crippen LogP contribution < -0.4 is 0 Å². The molecule has 0 radical (unpaired) electrons. The number of aromatic nitrogens is 2. The van der Waals surface area contributed by atoms with Crippen LogP contribution in [0.1, 0.15) is 44.9 Å². The zero-order valence-corrected chi connectivity index (χ0v) is 38.9. The first kappa shape index (κ1) is 38.9. The second-order valence-corrected chi connectivity index (χ2v) is 19.9. The van der Waals surface area contributed by atoms with Crippen LogP contribution in [0.3, 0.4) is 0 Å². The minimum atomic E-state index is -0.412. The van der Waals surface area contributed by atoms with Crippen molar-refractivity contribution in [2.45, 2.75) is 17.8 Å². The molecule has 0 bridgehead atoms. The highest BCUT2D eigenvalue weighted by molar-refractivity contribution is 6.11. The Morgan fingerprint density at radius 1 is 0.296 bits per heavy atom. The molecule has 2 nitrogen and oxygen atoms in total. The molecule has 1 spiro atoms. The van der Waals surface area contributed by atoms with Gasteiger partial charge in [-0.2, -0.15) is 0 Å². The lowest BCUT2D eigenvalue weighted by molar-refractivity contribution is 0.781. The van der Waals surface area contributed by atoms with E-state index in [1.54, 1.807) is 0 Å². The van der Waals surface area contributed by atoms with Crippen LogP contribution in [-0.4, -0.2) is 9.13 Å². The van der Waals surface area contributed by atoms with E-state index in [1.165, 1.54) is 138 Å². The van der Waals surface area contributed by atoms with Gasteiger partial charge in [-0.25, -0.2) is 0 Å². The van der Waals surface area contributed by atoms with Gasteiger partial charge in [0.1, 0.15) is 0 Å². The summed E-state index contributed by atoms with van der Waals surface area (Å²) in [7, 11) is 0. The second-order valence-electron chi connectivity index (χ2n) is 19.9. The Bertz CT molecular complexity index is 4330. The van der Waals surface area contributed by atoms with Gasteiger partial charge in [-0.05, 0) is 163 Å². The average Bonchev–Trinajstić information content (AvgIpc) is 4.21. The molecule has 3 aliphatic carbocycles. The Hall–Kier alpha value is -8.98. The molecule has 13 aromatic rings. The fraction of sp³-hybridized carbons (Fsp3) is 0.0435. The van der Waals surface area contributed by atoms with Crippen LogP contribution in [0.15, 0.2) is 249 Å². The predicted octanol–water partition coefficient (Wildman–Crippen LogP) is 17.2. The molecule has 2 heterocycles. The third kappa shape index (κ3) is 5.26. The molecule has 0 saturated carbocycles. The number of fused-ring (bicyclic) bond motifs is 19. The lowest BCUT2D eigenvalue weighted by Crippen LogP contribution is -2.26. The molecule has 3 aliphatic rings. The summed E-state index contributed by atoms with van der Waals surface area (Å²) in [6.07, 6.45) is 0.886. The highest BCUT2D eigenvalue weighted by Gasteiger charge is 2.52. The SMILES string of the molecule is c1ccc(-n2c3ccccc3c3cc(CC4c5ccc(-c6ccc7c(c6)c6ccccc6n7-c6ccccc6)cc5-c5cc6c(cc54)C4(c5ccccc5-c5ccccc54)c4ccccc4-6)ccc32)cc1. The fourth-order valence-electron chi connectivity index (χ4n) is 13.6. The van der Waals surface area contributed by atoms with E-state index < -0.39 is 5.41 Å². The number of rotatable bonds is 5. The minimum absolute atomic E-state index is 0.151. The number of nitrogens with zero attached hydrogens (tertiary/aromatic N) is 2. The maximum Gasteiger partial charge on any atom is 0.0725 e. The van der Waals surface area contributed by atoms with Crippen molar-refractivity contribution < 1.29 is 0 Å². The first-order valence-electron chi connectivity index (χ1n) is 25.0. The van der Waals surface area contributed by atoms with Crippen LogP contribution in [0.5, 0.6) is 0 Å². The smallest absolute Gasteiger partial charge is 0.0725 e. The highest BCUT2D eigenvalue weighted by atomic mass is 15.0. The van der Waals surface area contributed by atoms with Gasteiger partial charge in [0, 0.05) is 38.8 Å². The van der Waals surface area contributed by atoms with E-state index in [0.717, 1.165) is 6.42 Å². The molecule has 2 heteroatoms. The molecule has 0 saturated heterocycles. The minimum Gasteiger partial charge on any atom is -0.309 e. The summed E-state index contributed by atoms with van der Waals surface area (Å²) in [6, 6.07) is 93.7. The van der Waals surface area contributed by atoms with Gasteiger partial charge in [0.05, 0.1) is 27.5 Å². The number of para-hydroxylation sites is 4. The molecule has 0 aliphatic heterocycles. The van der Waals surface area contributed by atoms with Gasteiger partial charge < -0.3 is 9.13 Å². The standard InChI is InChI=1S/C69H44N2/c1-3-17-46(18-4-1)70-65-29-15-10-24-52(65)59-38-43(31-35-67(59)70)37-54-48-34-32-44(45-33-36-68-60(40-45)53-25-11-16-30-66(53)71(68)47-19-5-2-6-20-47)39-55(48)56-41-58-51-23-9-14-28-63(51)69(64(58)42-57(54)56)61-26-12-7-21-49(61)50-22-8-13-27-62(50)69/h1-36,38-42,54H,37H2. The third-order valence-electron chi connectivity index (χ3n) is 16.5.